The van der Waals surface area contributed by atoms with E-state index in [-0.39, 0.29) is 0 Å². The Balaban J connectivity index is 2.16. The number of hydrogen-bond acceptors (Lipinski definition) is 3. The van der Waals surface area contributed by atoms with E-state index in [1.807, 2.05) is 11.3 Å². The Morgan fingerprint density at radius 3 is 2.59 bits per heavy atom. The van der Waals surface area contributed by atoms with Gasteiger partial charge in [-0.15, -0.1) is 11.3 Å². The Morgan fingerprint density at radius 1 is 1.29 bits per heavy atom. The molecule has 0 unspecified atom stereocenters. The van der Waals surface area contributed by atoms with Gasteiger partial charge in [-0.3, -0.25) is 0 Å². The molecule has 96 valence electrons. The summed E-state index contributed by atoms with van der Waals surface area (Å²) < 4.78 is 11.7. The Labute approximate surface area is 108 Å². The first-order chi connectivity index (χ1) is 8.16. The molecule has 2 nitrogen and oxygen atoms in total. The zero-order valence-corrected chi connectivity index (χ0v) is 11.8. The van der Waals surface area contributed by atoms with Crippen molar-refractivity contribution < 1.29 is 9.47 Å². The highest BCUT2D eigenvalue weighted by molar-refractivity contribution is 7.12. The third kappa shape index (κ3) is 2.90. The normalized spacial score (nSPS) is 19.1. The molecule has 1 fully saturated rings. The molecule has 0 radical (unpaired) electrons. The van der Waals surface area contributed by atoms with Crippen LogP contribution in [-0.4, -0.2) is 13.2 Å². The summed E-state index contributed by atoms with van der Waals surface area (Å²) in [5.41, 5.74) is 0. The molecule has 1 aromatic heterocycles. The molecule has 0 atom stereocenters. The molecule has 17 heavy (non-hydrogen) atoms. The fraction of sp³-hybridized carbons (Fsp3) is 0.714. The minimum absolute atomic E-state index is 0.436. The van der Waals surface area contributed by atoms with Crippen molar-refractivity contribution in [3.63, 3.8) is 0 Å². The van der Waals surface area contributed by atoms with E-state index in [0.717, 1.165) is 32.5 Å². The molecule has 1 saturated heterocycles. The molecule has 3 heteroatoms. The number of ether oxygens (including phenoxy) is 2. The van der Waals surface area contributed by atoms with Crippen LogP contribution in [0.25, 0.3) is 0 Å². The van der Waals surface area contributed by atoms with E-state index in [4.69, 9.17) is 9.47 Å². The lowest BCUT2D eigenvalue weighted by molar-refractivity contribution is -0.168. The molecule has 1 aliphatic heterocycles. The lowest BCUT2D eigenvalue weighted by atomic mass is 10.1. The summed E-state index contributed by atoms with van der Waals surface area (Å²) in [6.07, 6.45) is 3.18. The summed E-state index contributed by atoms with van der Waals surface area (Å²) in [5.74, 6) is 0.267. The second-order valence-electron chi connectivity index (χ2n) is 5.06. The Morgan fingerprint density at radius 2 is 2.00 bits per heavy atom. The quantitative estimate of drug-likeness (QED) is 0.792. The summed E-state index contributed by atoms with van der Waals surface area (Å²) >= 11 is 1.85. The SMILES string of the molecule is CCCC1(c2ccc(CC(C)C)s2)OCCO1. The monoisotopic (exact) mass is 254 g/mol. The molecule has 0 saturated carbocycles. The van der Waals surface area contributed by atoms with Crippen LogP contribution in [0.3, 0.4) is 0 Å². The van der Waals surface area contributed by atoms with E-state index in [1.165, 1.54) is 9.75 Å². The fourth-order valence-electron chi connectivity index (χ4n) is 2.29. The minimum Gasteiger partial charge on any atom is -0.343 e. The van der Waals surface area contributed by atoms with Gasteiger partial charge >= 0.3 is 0 Å². The van der Waals surface area contributed by atoms with Crippen LogP contribution in [0.4, 0.5) is 0 Å². The van der Waals surface area contributed by atoms with Crippen LogP contribution < -0.4 is 0 Å². The van der Waals surface area contributed by atoms with Gasteiger partial charge in [-0.1, -0.05) is 27.2 Å². The molecule has 0 spiro atoms. The molecule has 1 aliphatic rings. The smallest absolute Gasteiger partial charge is 0.204 e. The van der Waals surface area contributed by atoms with Crippen LogP contribution in [0.2, 0.25) is 0 Å². The highest BCUT2D eigenvalue weighted by Gasteiger charge is 2.38. The molecular weight excluding hydrogens is 232 g/mol. The van der Waals surface area contributed by atoms with E-state index in [1.54, 1.807) is 0 Å². The van der Waals surface area contributed by atoms with Crippen LogP contribution in [0.15, 0.2) is 12.1 Å². The van der Waals surface area contributed by atoms with Crippen LogP contribution in [0.1, 0.15) is 43.4 Å². The lowest BCUT2D eigenvalue weighted by Crippen LogP contribution is -2.25. The third-order valence-electron chi connectivity index (χ3n) is 2.98. The Hall–Kier alpha value is -0.380. The van der Waals surface area contributed by atoms with Crippen molar-refractivity contribution in [1.82, 2.24) is 0 Å². The summed E-state index contributed by atoms with van der Waals surface area (Å²) in [4.78, 5) is 2.68. The number of rotatable bonds is 5. The number of thiophene rings is 1. The number of hydrogen-bond donors (Lipinski definition) is 0. The predicted molar refractivity (Wildman–Crippen MR) is 71.4 cm³/mol. The van der Waals surface area contributed by atoms with Gasteiger partial charge in [0.25, 0.3) is 0 Å². The summed E-state index contributed by atoms with van der Waals surface area (Å²) in [6, 6.07) is 4.41. The Kier molecular flexibility index (Phi) is 4.23. The maximum absolute atomic E-state index is 5.87. The molecule has 2 rings (SSSR count). The molecule has 0 N–H and O–H groups in total. The zero-order chi connectivity index (χ0) is 12.3. The van der Waals surface area contributed by atoms with Crippen LogP contribution >= 0.6 is 11.3 Å². The highest BCUT2D eigenvalue weighted by atomic mass is 32.1. The molecule has 0 aromatic carbocycles. The lowest BCUT2D eigenvalue weighted by Gasteiger charge is -2.25. The first kappa shape index (κ1) is 13.1. The second kappa shape index (κ2) is 5.51. The van der Waals surface area contributed by atoms with Crippen molar-refractivity contribution in [3.8, 4) is 0 Å². The van der Waals surface area contributed by atoms with Gasteiger partial charge in [-0.05, 0) is 24.5 Å². The van der Waals surface area contributed by atoms with E-state index in [0.29, 0.717) is 5.92 Å². The average molecular weight is 254 g/mol. The van der Waals surface area contributed by atoms with Gasteiger partial charge in [0.05, 0.1) is 18.1 Å². The van der Waals surface area contributed by atoms with Crippen molar-refractivity contribution in [3.05, 3.63) is 21.9 Å². The molecule has 0 amide bonds. The van der Waals surface area contributed by atoms with Crippen molar-refractivity contribution in [1.29, 1.82) is 0 Å². The van der Waals surface area contributed by atoms with Crippen LogP contribution in [0.5, 0.6) is 0 Å². The third-order valence-corrected chi connectivity index (χ3v) is 4.21. The van der Waals surface area contributed by atoms with E-state index in [9.17, 15) is 0 Å². The fourth-order valence-corrected chi connectivity index (χ4v) is 3.64. The predicted octanol–water partition coefficient (Wildman–Crippen LogP) is 3.95. The first-order valence-electron chi connectivity index (χ1n) is 6.53. The molecule has 0 bridgehead atoms. The van der Waals surface area contributed by atoms with Crippen molar-refractivity contribution in [2.45, 2.75) is 45.8 Å². The molecule has 1 aromatic rings. The van der Waals surface area contributed by atoms with E-state index >= 15 is 0 Å². The largest absolute Gasteiger partial charge is 0.343 e. The summed E-state index contributed by atoms with van der Waals surface area (Å²) in [6.45, 7) is 8.12. The van der Waals surface area contributed by atoms with E-state index in [2.05, 4.69) is 32.9 Å². The molecular formula is C14H22O2S. The van der Waals surface area contributed by atoms with Crippen molar-refractivity contribution in [2.24, 2.45) is 5.92 Å². The summed E-state index contributed by atoms with van der Waals surface area (Å²) in [7, 11) is 0. The summed E-state index contributed by atoms with van der Waals surface area (Å²) in [5, 5.41) is 0. The topological polar surface area (TPSA) is 18.5 Å². The minimum atomic E-state index is -0.436. The van der Waals surface area contributed by atoms with Crippen LogP contribution in [-0.2, 0) is 21.7 Å². The Bertz CT molecular complexity index is 351. The van der Waals surface area contributed by atoms with Gasteiger partial charge in [0.1, 0.15) is 0 Å². The standard InChI is InChI=1S/C14H22O2S/c1-4-7-14(15-8-9-16-14)13-6-5-12(17-13)10-11(2)3/h5-6,11H,4,7-10H2,1-3H3. The van der Waals surface area contributed by atoms with Crippen molar-refractivity contribution >= 4 is 11.3 Å². The average Bonchev–Trinajstić information content (AvgIpc) is 2.87. The van der Waals surface area contributed by atoms with Gasteiger partial charge in [0.2, 0.25) is 5.79 Å². The van der Waals surface area contributed by atoms with Gasteiger partial charge in [-0.2, -0.15) is 0 Å². The van der Waals surface area contributed by atoms with Gasteiger partial charge in [-0.25, -0.2) is 0 Å². The van der Waals surface area contributed by atoms with Gasteiger partial charge < -0.3 is 9.47 Å². The molecule has 0 aliphatic carbocycles. The van der Waals surface area contributed by atoms with Crippen molar-refractivity contribution in [2.75, 3.05) is 13.2 Å². The van der Waals surface area contributed by atoms with Gasteiger partial charge in [0.15, 0.2) is 0 Å². The van der Waals surface area contributed by atoms with Crippen LogP contribution in [0, 0.1) is 5.92 Å². The maximum atomic E-state index is 5.87. The second-order valence-corrected chi connectivity index (χ2v) is 6.23. The van der Waals surface area contributed by atoms with Gasteiger partial charge in [0, 0.05) is 11.3 Å². The zero-order valence-electron chi connectivity index (χ0n) is 11.0. The first-order valence-corrected chi connectivity index (χ1v) is 7.35. The highest BCUT2D eigenvalue weighted by Crippen LogP contribution is 2.40. The van der Waals surface area contributed by atoms with E-state index < -0.39 is 5.79 Å². The maximum Gasteiger partial charge on any atom is 0.204 e. The molecule has 2 heterocycles.